The van der Waals surface area contributed by atoms with E-state index in [2.05, 4.69) is 26.9 Å². The van der Waals surface area contributed by atoms with Crippen molar-refractivity contribution in [1.29, 1.82) is 0 Å². The molecule has 0 amide bonds. The van der Waals surface area contributed by atoms with Crippen LogP contribution in [0.5, 0.6) is 0 Å². The van der Waals surface area contributed by atoms with E-state index in [1.807, 2.05) is 29.3 Å². The highest BCUT2D eigenvalue weighted by molar-refractivity contribution is 6.30. The number of nitrogens with zero attached hydrogens (tertiary/aromatic N) is 5. The third kappa shape index (κ3) is 5.00. The molecule has 0 radical (unpaired) electrons. The molecule has 0 fully saturated rings. The number of hydrogen-bond acceptors (Lipinski definition) is 5. The van der Waals surface area contributed by atoms with E-state index in [0.29, 0.717) is 23.0 Å². The van der Waals surface area contributed by atoms with Gasteiger partial charge in [0, 0.05) is 36.6 Å². The number of benzene rings is 1. The van der Waals surface area contributed by atoms with Crippen LogP contribution in [0.3, 0.4) is 0 Å². The summed E-state index contributed by atoms with van der Waals surface area (Å²) < 4.78 is 39.3. The van der Waals surface area contributed by atoms with Crippen molar-refractivity contribution in [2.75, 3.05) is 7.05 Å². The summed E-state index contributed by atoms with van der Waals surface area (Å²) in [4.78, 5) is 10.0. The number of rotatable bonds is 6. The number of halogens is 4. The number of aromatic nitrogens is 4. The van der Waals surface area contributed by atoms with Crippen LogP contribution < -0.4 is 0 Å². The summed E-state index contributed by atoms with van der Waals surface area (Å²) in [6.07, 6.45) is -1.53. The van der Waals surface area contributed by atoms with Crippen molar-refractivity contribution in [3.8, 4) is 11.3 Å². The molecular weight excluding hydrogens is 405 g/mol. The molecule has 0 saturated heterocycles. The molecule has 0 spiro atoms. The lowest BCUT2D eigenvalue weighted by Crippen LogP contribution is -2.11. The lowest BCUT2D eigenvalue weighted by Gasteiger charge is -2.15. The molecule has 29 heavy (non-hydrogen) atoms. The largest absolute Gasteiger partial charge is 0.437 e. The van der Waals surface area contributed by atoms with Crippen molar-refractivity contribution in [3.05, 3.63) is 70.8 Å². The zero-order valence-electron chi connectivity index (χ0n) is 15.3. The van der Waals surface area contributed by atoms with Crippen molar-refractivity contribution in [2.24, 2.45) is 4.99 Å². The first-order valence-corrected chi connectivity index (χ1v) is 8.73. The van der Waals surface area contributed by atoms with Gasteiger partial charge in [0.05, 0.1) is 5.69 Å². The Labute approximate surface area is 169 Å². The lowest BCUT2D eigenvalue weighted by atomic mass is 10.1. The maximum Gasteiger partial charge on any atom is 0.437 e. The Kier molecular flexibility index (Phi) is 5.97. The summed E-state index contributed by atoms with van der Waals surface area (Å²) in [6, 6.07) is 10.3. The molecule has 1 aromatic carbocycles. The fourth-order valence-corrected chi connectivity index (χ4v) is 2.79. The van der Waals surface area contributed by atoms with Gasteiger partial charge in [0.2, 0.25) is 0 Å². The first-order chi connectivity index (χ1) is 13.8. The minimum atomic E-state index is -4.63. The van der Waals surface area contributed by atoms with Gasteiger partial charge >= 0.3 is 6.18 Å². The average molecular weight is 421 g/mol. The Bertz CT molecular complexity index is 1030. The number of alkyl halides is 3. The van der Waals surface area contributed by atoms with Gasteiger partial charge in [0.25, 0.3) is 0 Å². The molecule has 6 nitrogen and oxygen atoms in total. The van der Waals surface area contributed by atoms with Crippen LogP contribution in [0.1, 0.15) is 17.0 Å². The van der Waals surface area contributed by atoms with Crippen molar-refractivity contribution < 1.29 is 13.2 Å². The molecule has 2 heterocycles. The first-order valence-electron chi connectivity index (χ1n) is 8.36. The van der Waals surface area contributed by atoms with Crippen LogP contribution in [-0.2, 0) is 12.7 Å². The molecule has 2 aromatic heterocycles. The second-order valence-corrected chi connectivity index (χ2v) is 6.60. The SMILES string of the molecule is C=N/C(=C\N(C)Cc1ccc(Cl)cc1)c1cc(-c2n[nH]nc2C(F)(F)F)ccn1. The van der Waals surface area contributed by atoms with Gasteiger partial charge in [-0.25, -0.2) is 0 Å². The normalized spacial score (nSPS) is 12.1. The smallest absolute Gasteiger partial charge is 0.374 e. The predicted octanol–water partition coefficient (Wildman–Crippen LogP) is 4.67. The molecule has 0 aliphatic heterocycles. The van der Waals surface area contributed by atoms with E-state index in [0.717, 1.165) is 5.56 Å². The second kappa shape index (κ2) is 8.44. The molecule has 0 bridgehead atoms. The lowest BCUT2D eigenvalue weighted by molar-refractivity contribution is -0.140. The Morgan fingerprint density at radius 3 is 2.62 bits per heavy atom. The summed E-state index contributed by atoms with van der Waals surface area (Å²) >= 11 is 5.89. The van der Waals surface area contributed by atoms with Gasteiger partial charge in [-0.3, -0.25) is 9.98 Å². The molecule has 0 aliphatic carbocycles. The van der Waals surface area contributed by atoms with E-state index < -0.39 is 11.9 Å². The van der Waals surface area contributed by atoms with Crippen LogP contribution in [0.2, 0.25) is 5.02 Å². The van der Waals surface area contributed by atoms with E-state index in [9.17, 15) is 13.2 Å². The predicted molar refractivity (Wildman–Crippen MR) is 105 cm³/mol. The Morgan fingerprint density at radius 1 is 1.24 bits per heavy atom. The minimum Gasteiger partial charge on any atom is -0.374 e. The van der Waals surface area contributed by atoms with Crippen molar-refractivity contribution in [1.82, 2.24) is 25.3 Å². The van der Waals surface area contributed by atoms with Crippen LogP contribution in [-0.4, -0.2) is 39.1 Å². The van der Waals surface area contributed by atoms with Crippen molar-refractivity contribution in [2.45, 2.75) is 12.7 Å². The third-order valence-corrected chi connectivity index (χ3v) is 4.22. The fraction of sp³-hybridized carbons (Fsp3) is 0.158. The molecular formula is C19H16ClF3N6. The summed E-state index contributed by atoms with van der Waals surface area (Å²) in [5, 5.41) is 9.51. The van der Waals surface area contributed by atoms with Gasteiger partial charge in [-0.15, -0.1) is 0 Å². The van der Waals surface area contributed by atoms with Gasteiger partial charge in [-0.2, -0.15) is 28.6 Å². The van der Waals surface area contributed by atoms with E-state index in [1.165, 1.54) is 18.3 Å². The number of pyridine rings is 1. The zero-order valence-corrected chi connectivity index (χ0v) is 16.0. The van der Waals surface area contributed by atoms with Crippen LogP contribution in [0, 0.1) is 0 Å². The molecule has 0 saturated carbocycles. The van der Waals surface area contributed by atoms with E-state index in [4.69, 9.17) is 11.6 Å². The van der Waals surface area contributed by atoms with Gasteiger partial charge in [0.15, 0.2) is 5.69 Å². The van der Waals surface area contributed by atoms with E-state index in [1.54, 1.807) is 18.3 Å². The fourth-order valence-electron chi connectivity index (χ4n) is 2.67. The van der Waals surface area contributed by atoms with E-state index >= 15 is 0 Å². The van der Waals surface area contributed by atoms with Crippen LogP contribution in [0.25, 0.3) is 17.0 Å². The molecule has 0 aliphatic rings. The molecule has 0 atom stereocenters. The molecule has 10 heteroatoms. The summed E-state index contributed by atoms with van der Waals surface area (Å²) in [6.45, 7) is 4.11. The summed E-state index contributed by atoms with van der Waals surface area (Å²) in [7, 11) is 1.84. The zero-order chi connectivity index (χ0) is 21.0. The second-order valence-electron chi connectivity index (χ2n) is 6.16. The van der Waals surface area contributed by atoms with Crippen molar-refractivity contribution in [3.63, 3.8) is 0 Å². The van der Waals surface area contributed by atoms with Crippen LogP contribution >= 0.6 is 11.6 Å². The van der Waals surface area contributed by atoms with Crippen LogP contribution in [0.4, 0.5) is 13.2 Å². The monoisotopic (exact) mass is 420 g/mol. The minimum absolute atomic E-state index is 0.214. The van der Waals surface area contributed by atoms with Gasteiger partial charge in [-0.05, 0) is 36.5 Å². The molecule has 150 valence electrons. The highest BCUT2D eigenvalue weighted by Crippen LogP contribution is 2.34. The third-order valence-electron chi connectivity index (χ3n) is 3.97. The maximum atomic E-state index is 13.1. The maximum absolute atomic E-state index is 13.1. The Balaban J connectivity index is 1.88. The summed E-state index contributed by atoms with van der Waals surface area (Å²) in [5.74, 6) is 0. The van der Waals surface area contributed by atoms with Gasteiger partial charge in [0.1, 0.15) is 11.4 Å². The number of aliphatic imine (C=N–C) groups is 1. The quantitative estimate of drug-likeness (QED) is 0.588. The summed E-state index contributed by atoms with van der Waals surface area (Å²) in [5.41, 5.74) is 0.601. The average Bonchev–Trinajstić information content (AvgIpc) is 3.18. The number of aromatic amines is 1. The Morgan fingerprint density at radius 2 is 1.97 bits per heavy atom. The van der Waals surface area contributed by atoms with Gasteiger partial charge < -0.3 is 4.90 Å². The Hall–Kier alpha value is -3.20. The van der Waals surface area contributed by atoms with Crippen molar-refractivity contribution >= 4 is 24.0 Å². The first kappa shape index (κ1) is 20.5. The highest BCUT2D eigenvalue weighted by Gasteiger charge is 2.38. The molecule has 3 aromatic rings. The number of hydrogen-bond donors (Lipinski definition) is 1. The number of nitrogens with one attached hydrogen (secondary N) is 1. The molecule has 0 unspecified atom stereocenters. The topological polar surface area (TPSA) is 70.1 Å². The molecule has 1 N–H and O–H groups in total. The van der Waals surface area contributed by atoms with Crippen LogP contribution in [0.15, 0.2) is 53.8 Å². The van der Waals surface area contributed by atoms with E-state index in [-0.39, 0.29) is 11.3 Å². The van der Waals surface area contributed by atoms with Gasteiger partial charge in [-0.1, -0.05) is 23.7 Å². The highest BCUT2D eigenvalue weighted by atomic mass is 35.5. The standard InChI is InChI=1S/C19H16ClF3N6/c1-24-16(11-29(2)10-12-3-5-14(20)6-4-12)15-9-13(7-8-25-15)17-18(19(21,22)23)27-28-26-17/h3-9,11H,1,10H2,2H3,(H,26,27,28)/b16-11-. The number of H-pyrrole nitrogens is 1. The molecule has 3 rings (SSSR count).